The van der Waals surface area contributed by atoms with E-state index in [1.807, 2.05) is 0 Å². The van der Waals surface area contributed by atoms with Crippen LogP contribution in [0, 0.1) is 53.3 Å². The summed E-state index contributed by atoms with van der Waals surface area (Å²) in [7, 11) is 0. The van der Waals surface area contributed by atoms with Gasteiger partial charge in [-0.15, -0.1) is 11.4 Å². The summed E-state index contributed by atoms with van der Waals surface area (Å²) in [5.74, 6) is -4.62. The zero-order valence-corrected chi connectivity index (χ0v) is 22.8. The summed E-state index contributed by atoms with van der Waals surface area (Å²) in [5, 5.41) is 11.4. The summed E-state index contributed by atoms with van der Waals surface area (Å²) >= 11 is 0. The summed E-state index contributed by atoms with van der Waals surface area (Å²) < 4.78 is 31.8. The molecule has 2 rings (SSSR count). The zero-order chi connectivity index (χ0) is 27.4. The third kappa shape index (κ3) is 22.3. The fourth-order valence-electron chi connectivity index (χ4n) is 2.32. The van der Waals surface area contributed by atoms with E-state index < -0.39 is 35.1 Å². The second-order valence-electron chi connectivity index (χ2n) is 6.02. The Morgan fingerprint density at radius 3 is 1.79 bits per heavy atom. The quantitative estimate of drug-likeness (QED) is 0.153. The standard InChI is InChI=1S/C17H14F2N2O3.C4H8O.C3H2O.CHO.CH3.3Li/c1-9-6-11(7-10(2)20-9)8-14(17(23)24)21-16(22)15-12(18)4-3-5-13(15)19;1-3-5-4-2;1-2-3-4;1-2;;;;/h3-7,14H,1-2,8H2,(H,21,22)(H,23,24);1-4H2;1-2H;1H;1H3;;;/q3*-2;2*-1;3*+1/t14-;;;;;;;/m0......./s1. The summed E-state index contributed by atoms with van der Waals surface area (Å²) in [4.78, 5) is 44.0. The van der Waals surface area contributed by atoms with Gasteiger partial charge < -0.3 is 63.7 Å². The molecule has 1 amide bonds. The van der Waals surface area contributed by atoms with Crippen LogP contribution < -0.4 is 61.9 Å². The van der Waals surface area contributed by atoms with Crippen molar-refractivity contribution < 1.29 is 94.4 Å². The normalized spacial score (nSPS) is 8.92. The van der Waals surface area contributed by atoms with Crippen molar-refractivity contribution in [1.29, 1.82) is 0 Å². The zero-order valence-electron chi connectivity index (χ0n) is 22.8. The molecule has 39 heavy (non-hydrogen) atoms. The van der Waals surface area contributed by atoms with E-state index in [0.717, 1.165) is 24.3 Å². The number of ether oxygens (including phenoxy) is 1. The van der Waals surface area contributed by atoms with Gasteiger partial charge in [0.2, 0.25) is 0 Å². The first kappa shape index (κ1) is 49.7. The van der Waals surface area contributed by atoms with E-state index in [1.165, 1.54) is 6.29 Å². The van der Waals surface area contributed by atoms with Gasteiger partial charge in [0.1, 0.15) is 23.2 Å². The molecule has 0 aliphatic rings. The Bertz CT molecular complexity index is 921. The number of hydrogen-bond donors (Lipinski definition) is 2. The Labute approximate surface area is 266 Å². The summed E-state index contributed by atoms with van der Waals surface area (Å²) in [6.07, 6.45) is 2.05. The van der Waals surface area contributed by atoms with Gasteiger partial charge in [0, 0.05) is 0 Å². The SMILES string of the molecule is [CH-]=C[C-]=O.[CH-]=O.[CH2-]COC[CH2-].[CH2-]c1cc(C[C@H](NC(=O)c2c(F)cccc2F)C(=O)O)cc([CH2-])n1.[CH3-].[Li+].[Li+].[Li+]. The Hall–Kier alpha value is -2.26. The number of nitrogens with zero attached hydrogens (tertiary/aromatic N) is 1. The Morgan fingerprint density at radius 1 is 1.08 bits per heavy atom. The van der Waals surface area contributed by atoms with Gasteiger partial charge >= 0.3 is 62.6 Å². The number of hydrogen-bond acceptors (Lipinski definition) is 6. The first-order valence-electron chi connectivity index (χ1n) is 9.54. The molecule has 200 valence electrons. The molecule has 0 unspecified atom stereocenters. The van der Waals surface area contributed by atoms with Crippen molar-refractivity contribution in [3.05, 3.63) is 112 Å². The number of carboxylic acid groups (broad SMARTS) is 1. The molecule has 0 fully saturated rings. The predicted molar refractivity (Wildman–Crippen MR) is 131 cm³/mol. The van der Waals surface area contributed by atoms with Crippen LogP contribution in [0.5, 0.6) is 0 Å². The molecule has 0 aliphatic heterocycles. The van der Waals surface area contributed by atoms with Gasteiger partial charge in [-0.05, 0) is 18.6 Å². The van der Waals surface area contributed by atoms with Crippen molar-refractivity contribution in [2.24, 2.45) is 0 Å². The maximum absolute atomic E-state index is 13.6. The van der Waals surface area contributed by atoms with Crippen LogP contribution in [-0.4, -0.2) is 54.3 Å². The Balaban J connectivity index is -0.000000157. The largest absolute Gasteiger partial charge is 1.00 e. The van der Waals surface area contributed by atoms with E-state index >= 15 is 0 Å². The number of allylic oxidation sites excluding steroid dienone is 1. The molecular weight excluding hydrogens is 495 g/mol. The van der Waals surface area contributed by atoms with E-state index in [1.54, 1.807) is 12.1 Å². The molecule has 8 nitrogen and oxygen atoms in total. The molecule has 1 aromatic heterocycles. The minimum atomic E-state index is -1.38. The van der Waals surface area contributed by atoms with Gasteiger partial charge in [0.25, 0.3) is 5.91 Å². The van der Waals surface area contributed by atoms with Gasteiger partial charge in [-0.2, -0.15) is 12.1 Å². The van der Waals surface area contributed by atoms with Crippen molar-refractivity contribution in [2.45, 2.75) is 12.5 Å². The second-order valence-corrected chi connectivity index (χ2v) is 6.02. The van der Waals surface area contributed by atoms with Crippen molar-refractivity contribution >= 4 is 25.0 Å². The van der Waals surface area contributed by atoms with Gasteiger partial charge in [0.15, 0.2) is 0 Å². The molecule has 0 saturated carbocycles. The predicted octanol–water partition coefficient (Wildman–Crippen LogP) is -5.91. The molecule has 0 aliphatic carbocycles. The van der Waals surface area contributed by atoms with Crippen molar-refractivity contribution in [3.63, 3.8) is 0 Å². The van der Waals surface area contributed by atoms with Crippen LogP contribution in [0.15, 0.2) is 36.4 Å². The average Bonchev–Trinajstić information content (AvgIpc) is 2.80. The summed E-state index contributed by atoms with van der Waals surface area (Å²) in [6.45, 7) is 22.9. The summed E-state index contributed by atoms with van der Waals surface area (Å²) in [6, 6.07) is 4.65. The molecule has 2 aromatic rings. The number of carbonyl (C=O) groups is 2. The number of amides is 1. The number of aromatic nitrogens is 1. The number of carbonyl (C=O) groups excluding carboxylic acids is 3. The summed E-state index contributed by atoms with van der Waals surface area (Å²) in [5.41, 5.74) is 0.497. The van der Waals surface area contributed by atoms with Crippen LogP contribution in [0.25, 0.3) is 0 Å². The molecule has 0 bridgehead atoms. The third-order valence-corrected chi connectivity index (χ3v) is 3.58. The fraction of sp³-hybridized carbons (Fsp3) is 0.154. The number of rotatable bonds is 8. The van der Waals surface area contributed by atoms with E-state index in [0.29, 0.717) is 30.2 Å². The average molecular weight is 523 g/mol. The van der Waals surface area contributed by atoms with Gasteiger partial charge in [-0.25, -0.2) is 33.0 Å². The maximum Gasteiger partial charge on any atom is 1.00 e. The number of pyridine rings is 1. The van der Waals surface area contributed by atoms with E-state index in [2.05, 4.69) is 56.1 Å². The molecule has 0 saturated heterocycles. The van der Waals surface area contributed by atoms with Crippen molar-refractivity contribution in [2.75, 3.05) is 13.2 Å². The van der Waals surface area contributed by atoms with Crippen molar-refractivity contribution in [3.8, 4) is 0 Å². The molecule has 0 radical (unpaired) electrons. The first-order chi connectivity index (χ1) is 16.6. The number of nitrogens with one attached hydrogen (secondary N) is 1. The van der Waals surface area contributed by atoms with Gasteiger partial charge in [0.05, 0.1) is 0 Å². The van der Waals surface area contributed by atoms with Crippen LogP contribution in [0.1, 0.15) is 27.3 Å². The fourth-order valence-corrected chi connectivity index (χ4v) is 2.32. The maximum atomic E-state index is 13.6. The molecule has 13 heteroatoms. The topological polar surface area (TPSA) is 123 Å². The molecule has 1 heterocycles. The molecule has 1 aromatic carbocycles. The Kier molecular flexibility index (Phi) is 38.6. The van der Waals surface area contributed by atoms with Crippen LogP contribution in [0.2, 0.25) is 0 Å². The monoisotopic (exact) mass is 523 g/mol. The van der Waals surface area contributed by atoms with Crippen LogP contribution in [0.3, 0.4) is 0 Å². The minimum absolute atomic E-state index is 0. The van der Waals surface area contributed by atoms with E-state index in [-0.39, 0.29) is 70.4 Å². The molecule has 1 atom stereocenters. The number of benzene rings is 1. The molecule has 0 spiro atoms. The van der Waals surface area contributed by atoms with Crippen molar-refractivity contribution in [1.82, 2.24) is 10.3 Å². The second kappa shape index (κ2) is 30.3. The Morgan fingerprint density at radius 2 is 1.49 bits per heavy atom. The van der Waals surface area contributed by atoms with Crippen LogP contribution >= 0.6 is 0 Å². The molecular formula is C26H28F2Li3N2O6-5. The van der Waals surface area contributed by atoms with Gasteiger partial charge in [-0.3, -0.25) is 17.9 Å². The molecule has 2 N–H and O–H groups in total. The van der Waals surface area contributed by atoms with Crippen LogP contribution in [0.4, 0.5) is 8.78 Å². The number of halogens is 2. The van der Waals surface area contributed by atoms with E-state index in [4.69, 9.17) is 9.59 Å². The minimum Gasteiger partial charge on any atom is -0.547 e. The van der Waals surface area contributed by atoms with Gasteiger partial charge in [-0.1, -0.05) is 19.3 Å². The third-order valence-electron chi connectivity index (χ3n) is 3.58. The van der Waals surface area contributed by atoms with E-state index in [9.17, 15) is 23.5 Å². The first-order valence-corrected chi connectivity index (χ1v) is 9.54. The number of carboxylic acids is 1. The van der Waals surface area contributed by atoms with Crippen LogP contribution in [-0.2, 0) is 25.5 Å². The smallest absolute Gasteiger partial charge is 0.547 e. The number of aliphatic carboxylic acids is 1.